The van der Waals surface area contributed by atoms with Gasteiger partial charge in [0.05, 0.1) is 12.1 Å². The molecular formula is C17H26N2O2. The van der Waals surface area contributed by atoms with E-state index in [-0.39, 0.29) is 0 Å². The van der Waals surface area contributed by atoms with Crippen molar-refractivity contribution in [3.8, 4) is 0 Å². The highest BCUT2D eigenvalue weighted by atomic mass is 16.5. The number of fused-ring (bicyclic) bond motifs is 1. The van der Waals surface area contributed by atoms with Crippen LogP contribution in [-0.2, 0) is 16.0 Å². The Labute approximate surface area is 127 Å². The Kier molecular flexibility index (Phi) is 6.23. The summed E-state index contributed by atoms with van der Waals surface area (Å²) < 4.78 is 12.6. The monoisotopic (exact) mass is 290 g/mol. The fourth-order valence-corrected chi connectivity index (χ4v) is 2.63. The van der Waals surface area contributed by atoms with E-state index in [0.717, 1.165) is 32.7 Å². The molecular weight excluding hydrogens is 264 g/mol. The van der Waals surface area contributed by atoms with Crippen LogP contribution in [0.4, 0.5) is 0 Å². The summed E-state index contributed by atoms with van der Waals surface area (Å²) in [5, 5.41) is 4.73. The van der Waals surface area contributed by atoms with E-state index in [9.17, 15) is 0 Å². The summed E-state index contributed by atoms with van der Waals surface area (Å²) in [6.07, 6.45) is 3.20. The van der Waals surface area contributed by atoms with E-state index in [1.807, 2.05) is 0 Å². The fourth-order valence-electron chi connectivity index (χ4n) is 2.63. The van der Waals surface area contributed by atoms with Crippen molar-refractivity contribution in [2.24, 2.45) is 0 Å². The molecule has 2 aromatic rings. The van der Waals surface area contributed by atoms with E-state index in [1.54, 1.807) is 14.2 Å². The molecule has 21 heavy (non-hydrogen) atoms. The maximum Gasteiger partial charge on any atom is 0.0587 e. The molecule has 0 fully saturated rings. The number of para-hydroxylation sites is 1. The molecule has 0 radical (unpaired) electrons. The Bertz CT molecular complexity index is 551. The molecule has 1 heterocycles. The lowest BCUT2D eigenvalue weighted by Gasteiger charge is -2.17. The van der Waals surface area contributed by atoms with Crippen LogP contribution < -0.4 is 5.32 Å². The summed E-state index contributed by atoms with van der Waals surface area (Å²) in [5.41, 5.74) is 2.66. The minimum atomic E-state index is 0.433. The molecule has 0 amide bonds. The smallest absolute Gasteiger partial charge is 0.0587 e. The highest BCUT2D eigenvalue weighted by molar-refractivity contribution is 5.83. The van der Waals surface area contributed by atoms with E-state index in [2.05, 4.69) is 47.3 Å². The van der Waals surface area contributed by atoms with Gasteiger partial charge in [0.15, 0.2) is 0 Å². The molecule has 1 atom stereocenters. The van der Waals surface area contributed by atoms with Gasteiger partial charge in [-0.3, -0.25) is 0 Å². The van der Waals surface area contributed by atoms with Gasteiger partial charge in [0, 0.05) is 46.2 Å². The van der Waals surface area contributed by atoms with Crippen LogP contribution in [0.2, 0.25) is 0 Å². The third kappa shape index (κ3) is 4.06. The van der Waals surface area contributed by atoms with E-state index >= 15 is 0 Å². The lowest BCUT2D eigenvalue weighted by atomic mass is 10.1. The predicted octanol–water partition coefficient (Wildman–Crippen LogP) is 2.97. The largest absolute Gasteiger partial charge is 0.385 e. The van der Waals surface area contributed by atoms with Gasteiger partial charge in [-0.15, -0.1) is 0 Å². The Hall–Kier alpha value is -1.36. The van der Waals surface area contributed by atoms with Crippen molar-refractivity contribution in [2.75, 3.05) is 34.0 Å². The average molecular weight is 290 g/mol. The molecule has 0 saturated carbocycles. The van der Waals surface area contributed by atoms with Crippen LogP contribution >= 0.6 is 0 Å². The Morgan fingerprint density at radius 1 is 1.14 bits per heavy atom. The van der Waals surface area contributed by atoms with Crippen molar-refractivity contribution in [1.29, 1.82) is 0 Å². The first-order valence-electron chi connectivity index (χ1n) is 7.55. The van der Waals surface area contributed by atoms with Gasteiger partial charge in [0.1, 0.15) is 0 Å². The van der Waals surface area contributed by atoms with Crippen molar-refractivity contribution in [2.45, 2.75) is 25.9 Å². The topological polar surface area (TPSA) is 35.4 Å². The zero-order valence-corrected chi connectivity index (χ0v) is 13.3. The van der Waals surface area contributed by atoms with Gasteiger partial charge < -0.3 is 19.4 Å². The molecule has 0 aliphatic heterocycles. The summed E-state index contributed by atoms with van der Waals surface area (Å²) >= 11 is 0. The van der Waals surface area contributed by atoms with Crippen LogP contribution in [0.15, 0.2) is 30.5 Å². The molecule has 0 spiro atoms. The Morgan fingerprint density at radius 2 is 1.95 bits per heavy atom. The summed E-state index contributed by atoms with van der Waals surface area (Å²) in [4.78, 5) is 0. The lowest BCUT2D eigenvalue weighted by Crippen LogP contribution is -2.19. The van der Waals surface area contributed by atoms with Crippen LogP contribution in [0.5, 0.6) is 0 Å². The first kappa shape index (κ1) is 16.0. The van der Waals surface area contributed by atoms with Crippen LogP contribution in [0.25, 0.3) is 10.9 Å². The van der Waals surface area contributed by atoms with E-state index in [1.165, 1.54) is 16.5 Å². The molecule has 1 N–H and O–H groups in total. The van der Waals surface area contributed by atoms with Crippen molar-refractivity contribution in [3.63, 3.8) is 0 Å². The van der Waals surface area contributed by atoms with Crippen LogP contribution in [0, 0.1) is 0 Å². The van der Waals surface area contributed by atoms with E-state index < -0.39 is 0 Å². The number of nitrogens with one attached hydrogen (secondary N) is 1. The highest BCUT2D eigenvalue weighted by Gasteiger charge is 2.11. The average Bonchev–Trinajstić information content (AvgIpc) is 2.94. The SMILES string of the molecule is COCCNCc1cccc2ccn(C(C)CCOC)c12. The molecule has 0 aliphatic carbocycles. The van der Waals surface area contributed by atoms with E-state index in [0.29, 0.717) is 6.04 Å². The van der Waals surface area contributed by atoms with Gasteiger partial charge in [-0.05, 0) is 30.4 Å². The molecule has 4 heteroatoms. The molecule has 1 unspecified atom stereocenters. The number of hydrogen-bond acceptors (Lipinski definition) is 3. The molecule has 0 saturated heterocycles. The maximum absolute atomic E-state index is 5.21. The van der Waals surface area contributed by atoms with E-state index in [4.69, 9.17) is 9.47 Å². The van der Waals surface area contributed by atoms with Gasteiger partial charge in [0.25, 0.3) is 0 Å². The first-order chi connectivity index (χ1) is 10.3. The molecule has 4 nitrogen and oxygen atoms in total. The quantitative estimate of drug-likeness (QED) is 0.721. The number of methoxy groups -OCH3 is 2. The minimum absolute atomic E-state index is 0.433. The molecule has 1 aromatic heterocycles. The number of nitrogens with zero attached hydrogens (tertiary/aromatic N) is 1. The number of hydrogen-bond donors (Lipinski definition) is 1. The normalized spacial score (nSPS) is 12.9. The van der Waals surface area contributed by atoms with Crippen molar-refractivity contribution < 1.29 is 9.47 Å². The predicted molar refractivity (Wildman–Crippen MR) is 86.7 cm³/mol. The minimum Gasteiger partial charge on any atom is -0.385 e. The molecule has 2 rings (SSSR count). The third-order valence-electron chi connectivity index (χ3n) is 3.84. The van der Waals surface area contributed by atoms with Gasteiger partial charge in [-0.1, -0.05) is 18.2 Å². The number of benzene rings is 1. The van der Waals surface area contributed by atoms with Crippen molar-refractivity contribution >= 4 is 10.9 Å². The zero-order valence-electron chi connectivity index (χ0n) is 13.3. The van der Waals surface area contributed by atoms with Crippen LogP contribution in [-0.4, -0.2) is 38.5 Å². The van der Waals surface area contributed by atoms with Gasteiger partial charge >= 0.3 is 0 Å². The second-order valence-electron chi connectivity index (χ2n) is 5.38. The van der Waals surface area contributed by atoms with Crippen LogP contribution in [0.1, 0.15) is 24.9 Å². The van der Waals surface area contributed by atoms with Gasteiger partial charge in [-0.25, -0.2) is 0 Å². The number of ether oxygens (including phenoxy) is 2. The van der Waals surface area contributed by atoms with Crippen molar-refractivity contribution in [3.05, 3.63) is 36.0 Å². The lowest BCUT2D eigenvalue weighted by molar-refractivity contribution is 0.181. The summed E-state index contributed by atoms with van der Waals surface area (Å²) in [5.74, 6) is 0. The molecule has 0 aliphatic rings. The second-order valence-corrected chi connectivity index (χ2v) is 5.38. The molecule has 116 valence electrons. The van der Waals surface area contributed by atoms with Crippen LogP contribution in [0.3, 0.4) is 0 Å². The number of aromatic nitrogens is 1. The standard InChI is InChI=1S/C17H26N2O2/c1-14(8-11-20-2)19-10-7-15-5-4-6-16(17(15)19)13-18-9-12-21-3/h4-7,10,14,18H,8-9,11-13H2,1-3H3. The second kappa shape index (κ2) is 8.17. The molecule has 1 aromatic carbocycles. The third-order valence-corrected chi connectivity index (χ3v) is 3.84. The van der Waals surface area contributed by atoms with Crippen molar-refractivity contribution in [1.82, 2.24) is 9.88 Å². The Balaban J connectivity index is 2.18. The first-order valence-corrected chi connectivity index (χ1v) is 7.55. The highest BCUT2D eigenvalue weighted by Crippen LogP contribution is 2.25. The zero-order chi connectivity index (χ0) is 15.1. The Morgan fingerprint density at radius 3 is 2.71 bits per heavy atom. The van der Waals surface area contributed by atoms with Gasteiger partial charge in [-0.2, -0.15) is 0 Å². The maximum atomic E-state index is 5.21. The number of rotatable bonds is 9. The summed E-state index contributed by atoms with van der Waals surface area (Å²) in [7, 11) is 3.48. The summed E-state index contributed by atoms with van der Waals surface area (Å²) in [6.45, 7) is 5.50. The van der Waals surface area contributed by atoms with Gasteiger partial charge in [0.2, 0.25) is 0 Å². The summed E-state index contributed by atoms with van der Waals surface area (Å²) in [6, 6.07) is 9.12. The molecule has 0 bridgehead atoms. The fraction of sp³-hybridized carbons (Fsp3) is 0.529.